The lowest BCUT2D eigenvalue weighted by atomic mass is 10.2. The number of rotatable bonds is 1. The normalized spacial score (nSPS) is 9.73. The average molecular weight is 214 g/mol. The monoisotopic (exact) mass is 213 g/mol. The van der Waals surface area contributed by atoms with Gasteiger partial charge in [0.1, 0.15) is 10.3 Å². The van der Waals surface area contributed by atoms with Crippen molar-refractivity contribution in [3.8, 4) is 0 Å². The highest BCUT2D eigenvalue weighted by molar-refractivity contribution is 9.10. The predicted octanol–water partition coefficient (Wildman–Crippen LogP) is 2.27. The van der Waals surface area contributed by atoms with Crippen LogP contribution in [0, 0.1) is 13.8 Å². The number of nitrogens with zero attached hydrogens (tertiary/aromatic N) is 1. The smallest absolute Gasteiger partial charge is 0.168 e. The van der Waals surface area contributed by atoms with Crippen molar-refractivity contribution >= 4 is 22.2 Å². The van der Waals surface area contributed by atoms with Crippen molar-refractivity contribution in [2.45, 2.75) is 13.8 Å². The third-order valence-electron chi connectivity index (χ3n) is 1.49. The maximum Gasteiger partial charge on any atom is 0.168 e. The Morgan fingerprint density at radius 2 is 2.09 bits per heavy atom. The molecular weight excluding hydrogens is 206 g/mol. The van der Waals surface area contributed by atoms with Gasteiger partial charge in [0.25, 0.3) is 0 Å². The second-order valence-electron chi connectivity index (χ2n) is 2.42. The second-order valence-corrected chi connectivity index (χ2v) is 3.17. The minimum absolute atomic E-state index is 0.502. The Morgan fingerprint density at radius 1 is 1.45 bits per heavy atom. The summed E-state index contributed by atoms with van der Waals surface area (Å²) in [4.78, 5) is 14.4. The van der Waals surface area contributed by atoms with Gasteiger partial charge in [-0.3, -0.25) is 4.79 Å². The van der Waals surface area contributed by atoms with Crippen LogP contribution >= 0.6 is 15.9 Å². The van der Waals surface area contributed by atoms with E-state index in [0.717, 1.165) is 22.0 Å². The summed E-state index contributed by atoms with van der Waals surface area (Å²) < 4.78 is 0.741. The number of pyridine rings is 1. The van der Waals surface area contributed by atoms with E-state index < -0.39 is 0 Å². The van der Waals surface area contributed by atoms with Crippen molar-refractivity contribution in [1.29, 1.82) is 0 Å². The second kappa shape index (κ2) is 3.13. The number of carbonyl (C=O) groups is 1. The molecule has 0 saturated carbocycles. The summed E-state index contributed by atoms with van der Waals surface area (Å²) in [5.74, 6) is 0. The van der Waals surface area contributed by atoms with Crippen LogP contribution in [0.4, 0.5) is 0 Å². The van der Waals surface area contributed by atoms with E-state index in [2.05, 4.69) is 20.9 Å². The van der Waals surface area contributed by atoms with Gasteiger partial charge in [0, 0.05) is 0 Å². The average Bonchev–Trinajstić information content (AvgIpc) is 1.97. The van der Waals surface area contributed by atoms with Crippen molar-refractivity contribution in [2.75, 3.05) is 0 Å². The molecule has 0 bridgehead atoms. The number of halogens is 1. The first-order valence-electron chi connectivity index (χ1n) is 3.24. The van der Waals surface area contributed by atoms with E-state index in [0.29, 0.717) is 5.69 Å². The van der Waals surface area contributed by atoms with Crippen LogP contribution in [-0.2, 0) is 0 Å². The van der Waals surface area contributed by atoms with Gasteiger partial charge in [-0.1, -0.05) is 6.07 Å². The van der Waals surface area contributed by atoms with E-state index in [1.165, 1.54) is 0 Å². The number of aromatic nitrogens is 1. The van der Waals surface area contributed by atoms with E-state index in [1.54, 1.807) is 0 Å². The molecule has 1 aromatic heterocycles. The molecule has 1 aromatic rings. The molecule has 1 heterocycles. The number of hydrogen-bond donors (Lipinski definition) is 0. The lowest BCUT2D eigenvalue weighted by Crippen LogP contribution is -1.94. The molecule has 0 aliphatic rings. The molecule has 0 aromatic carbocycles. The van der Waals surface area contributed by atoms with Gasteiger partial charge >= 0.3 is 0 Å². The Hall–Kier alpha value is -0.700. The molecule has 0 atom stereocenters. The van der Waals surface area contributed by atoms with Gasteiger partial charge < -0.3 is 0 Å². The lowest BCUT2D eigenvalue weighted by molar-refractivity contribution is 0.111. The molecule has 2 nitrogen and oxygen atoms in total. The molecule has 1 rings (SSSR count). The third-order valence-corrected chi connectivity index (χ3v) is 2.30. The fourth-order valence-corrected chi connectivity index (χ4v) is 1.17. The molecule has 0 aliphatic heterocycles. The van der Waals surface area contributed by atoms with Crippen LogP contribution in [-0.4, -0.2) is 11.3 Å². The van der Waals surface area contributed by atoms with Gasteiger partial charge in [-0.05, 0) is 40.9 Å². The summed E-state index contributed by atoms with van der Waals surface area (Å²) in [6, 6.07) is 1.93. The van der Waals surface area contributed by atoms with Crippen LogP contribution in [0.25, 0.3) is 0 Å². The highest BCUT2D eigenvalue weighted by Gasteiger charge is 2.01. The molecule has 0 saturated heterocycles. The molecule has 3 heteroatoms. The van der Waals surface area contributed by atoms with E-state index in [4.69, 9.17) is 0 Å². The fourth-order valence-electron chi connectivity index (χ4n) is 0.860. The minimum Gasteiger partial charge on any atom is -0.296 e. The van der Waals surface area contributed by atoms with Crippen molar-refractivity contribution < 1.29 is 4.79 Å². The molecule has 0 fully saturated rings. The molecular formula is C8H8BrNO. The van der Waals surface area contributed by atoms with E-state index in [-0.39, 0.29) is 0 Å². The van der Waals surface area contributed by atoms with Crippen molar-refractivity contribution in [2.24, 2.45) is 0 Å². The largest absolute Gasteiger partial charge is 0.296 e. The SMILES string of the molecule is Cc1cc(C)c(C=O)nc1Br. The topological polar surface area (TPSA) is 30.0 Å². The molecule has 0 radical (unpaired) electrons. The van der Waals surface area contributed by atoms with Gasteiger partial charge in [-0.2, -0.15) is 0 Å². The molecule has 58 valence electrons. The van der Waals surface area contributed by atoms with Crippen LogP contribution in [0.5, 0.6) is 0 Å². The van der Waals surface area contributed by atoms with Crippen molar-refractivity contribution in [3.05, 3.63) is 27.5 Å². The third kappa shape index (κ3) is 1.66. The van der Waals surface area contributed by atoms with Gasteiger partial charge in [0.15, 0.2) is 6.29 Å². The fraction of sp³-hybridized carbons (Fsp3) is 0.250. The first kappa shape index (κ1) is 8.40. The van der Waals surface area contributed by atoms with Gasteiger partial charge in [0.2, 0.25) is 0 Å². The van der Waals surface area contributed by atoms with Crippen LogP contribution in [0.2, 0.25) is 0 Å². The molecule has 0 unspecified atom stereocenters. The summed E-state index contributed by atoms with van der Waals surface area (Å²) in [5.41, 5.74) is 2.47. The zero-order valence-electron chi connectivity index (χ0n) is 6.39. The lowest BCUT2D eigenvalue weighted by Gasteiger charge is -2.00. The molecule has 0 amide bonds. The van der Waals surface area contributed by atoms with Gasteiger partial charge in [-0.25, -0.2) is 4.98 Å². The Bertz CT molecular complexity index is 296. The Labute approximate surface area is 73.8 Å². The summed E-state index contributed by atoms with van der Waals surface area (Å²) in [6.45, 7) is 3.81. The van der Waals surface area contributed by atoms with Crippen LogP contribution in [0.1, 0.15) is 21.6 Å². The highest BCUT2D eigenvalue weighted by Crippen LogP contribution is 2.15. The van der Waals surface area contributed by atoms with E-state index >= 15 is 0 Å². The first-order chi connectivity index (χ1) is 5.15. The summed E-state index contributed by atoms with van der Waals surface area (Å²) in [6.07, 6.45) is 0.763. The minimum atomic E-state index is 0.502. The zero-order chi connectivity index (χ0) is 8.43. The summed E-state index contributed by atoms with van der Waals surface area (Å²) >= 11 is 3.25. The molecule has 0 N–H and O–H groups in total. The summed E-state index contributed by atoms with van der Waals surface area (Å²) in [7, 11) is 0. The Morgan fingerprint density at radius 3 is 2.64 bits per heavy atom. The zero-order valence-corrected chi connectivity index (χ0v) is 7.97. The van der Waals surface area contributed by atoms with E-state index in [9.17, 15) is 4.79 Å². The van der Waals surface area contributed by atoms with Crippen LogP contribution in [0.15, 0.2) is 10.7 Å². The maximum absolute atomic E-state index is 10.4. The number of carbonyl (C=O) groups excluding carboxylic acids is 1. The van der Waals surface area contributed by atoms with Crippen LogP contribution in [0.3, 0.4) is 0 Å². The Balaban J connectivity index is 3.31. The number of aldehydes is 1. The van der Waals surface area contributed by atoms with E-state index in [1.807, 2.05) is 19.9 Å². The summed E-state index contributed by atoms with van der Waals surface area (Å²) in [5, 5.41) is 0. The predicted molar refractivity (Wildman–Crippen MR) is 46.8 cm³/mol. The van der Waals surface area contributed by atoms with Crippen molar-refractivity contribution in [1.82, 2.24) is 4.98 Å². The number of hydrogen-bond acceptors (Lipinski definition) is 2. The molecule has 11 heavy (non-hydrogen) atoms. The van der Waals surface area contributed by atoms with Gasteiger partial charge in [-0.15, -0.1) is 0 Å². The highest BCUT2D eigenvalue weighted by atomic mass is 79.9. The molecule has 0 spiro atoms. The first-order valence-corrected chi connectivity index (χ1v) is 4.03. The quantitative estimate of drug-likeness (QED) is 0.530. The molecule has 0 aliphatic carbocycles. The van der Waals surface area contributed by atoms with Crippen molar-refractivity contribution in [3.63, 3.8) is 0 Å². The number of aryl methyl sites for hydroxylation is 2. The van der Waals surface area contributed by atoms with Gasteiger partial charge in [0.05, 0.1) is 0 Å². The maximum atomic E-state index is 10.4. The van der Waals surface area contributed by atoms with Crippen LogP contribution < -0.4 is 0 Å². The standard InChI is InChI=1S/C8H8BrNO/c1-5-3-6(2)8(9)10-7(5)4-11/h3-4H,1-2H3. The Kier molecular flexibility index (Phi) is 2.39.